The Bertz CT molecular complexity index is 911. The maximum atomic E-state index is 12.3. The van der Waals surface area contributed by atoms with E-state index in [1.807, 2.05) is 0 Å². The molecular weight excluding hydrogens is 330 g/mol. The number of aromatic nitrogens is 2. The number of benzene rings is 2. The molecule has 0 fully saturated rings. The van der Waals surface area contributed by atoms with Crippen molar-refractivity contribution >= 4 is 39.2 Å². The molecule has 0 saturated heterocycles. The molecule has 9 heteroatoms. The van der Waals surface area contributed by atoms with Crippen molar-refractivity contribution in [3.05, 3.63) is 58.1 Å². The van der Waals surface area contributed by atoms with Crippen molar-refractivity contribution in [2.75, 3.05) is 12.4 Å². The van der Waals surface area contributed by atoms with E-state index >= 15 is 0 Å². The number of rotatable bonds is 4. The van der Waals surface area contributed by atoms with E-state index in [2.05, 4.69) is 14.9 Å². The number of nitro benzene ring substituents is 1. The smallest absolute Gasteiger partial charge is 0.321 e. The zero-order chi connectivity index (χ0) is 17.1. The van der Waals surface area contributed by atoms with E-state index in [-0.39, 0.29) is 18.3 Å². The molecule has 0 bridgehead atoms. The Kier molecular flexibility index (Phi) is 4.34. The normalized spacial score (nSPS) is 10.5. The highest BCUT2D eigenvalue weighted by molar-refractivity contribution is 7.12. The molecule has 0 radical (unpaired) electrons. The maximum Gasteiger partial charge on any atom is 0.321 e. The minimum atomic E-state index is -0.456. The van der Waals surface area contributed by atoms with Gasteiger partial charge in [0.15, 0.2) is 0 Å². The molecule has 122 valence electrons. The van der Waals surface area contributed by atoms with Crippen LogP contribution in [0.5, 0.6) is 0 Å². The van der Waals surface area contributed by atoms with Crippen molar-refractivity contribution in [3.63, 3.8) is 0 Å². The van der Waals surface area contributed by atoms with Gasteiger partial charge < -0.3 is 10.2 Å². The Morgan fingerprint density at radius 3 is 2.96 bits per heavy atom. The van der Waals surface area contributed by atoms with Crippen LogP contribution in [0.1, 0.15) is 5.56 Å². The SMILES string of the molecule is CN(Cc1cccc([N+](=O)[O-])c1)C(=O)Nc1ccc2nnsc2c1. The highest BCUT2D eigenvalue weighted by Gasteiger charge is 2.12. The van der Waals surface area contributed by atoms with Crippen LogP contribution in [0.4, 0.5) is 16.2 Å². The monoisotopic (exact) mass is 343 g/mol. The van der Waals surface area contributed by atoms with Crippen LogP contribution in [0.3, 0.4) is 0 Å². The molecule has 0 aliphatic rings. The fraction of sp³-hybridized carbons (Fsp3) is 0.133. The summed E-state index contributed by atoms with van der Waals surface area (Å²) < 4.78 is 4.73. The molecule has 3 rings (SSSR count). The van der Waals surface area contributed by atoms with Gasteiger partial charge in [-0.15, -0.1) is 5.10 Å². The average Bonchev–Trinajstić information content (AvgIpc) is 3.02. The summed E-state index contributed by atoms with van der Waals surface area (Å²) in [6, 6.07) is 11.3. The molecule has 8 nitrogen and oxygen atoms in total. The minimum absolute atomic E-state index is 0.00413. The zero-order valence-electron chi connectivity index (χ0n) is 12.7. The van der Waals surface area contributed by atoms with E-state index in [0.29, 0.717) is 11.3 Å². The molecule has 1 aromatic heterocycles. The lowest BCUT2D eigenvalue weighted by Crippen LogP contribution is -2.30. The molecule has 1 heterocycles. The first-order chi connectivity index (χ1) is 11.5. The molecule has 24 heavy (non-hydrogen) atoms. The van der Waals surface area contributed by atoms with Crippen LogP contribution in [-0.2, 0) is 6.54 Å². The van der Waals surface area contributed by atoms with Gasteiger partial charge in [-0.25, -0.2) is 4.79 Å². The highest BCUT2D eigenvalue weighted by Crippen LogP contribution is 2.20. The number of carbonyl (C=O) groups excluding carboxylic acids is 1. The van der Waals surface area contributed by atoms with Crippen molar-refractivity contribution in [2.24, 2.45) is 0 Å². The predicted octanol–water partition coefficient (Wildman–Crippen LogP) is 3.26. The van der Waals surface area contributed by atoms with Crippen molar-refractivity contribution in [2.45, 2.75) is 6.54 Å². The molecule has 2 aromatic carbocycles. The number of hydrogen-bond donors (Lipinski definition) is 1. The summed E-state index contributed by atoms with van der Waals surface area (Å²) >= 11 is 1.25. The van der Waals surface area contributed by atoms with Crippen LogP contribution in [0, 0.1) is 10.1 Å². The lowest BCUT2D eigenvalue weighted by molar-refractivity contribution is -0.384. The lowest BCUT2D eigenvalue weighted by Gasteiger charge is -2.18. The van der Waals surface area contributed by atoms with E-state index in [1.54, 1.807) is 37.4 Å². The third-order valence-electron chi connectivity index (χ3n) is 3.39. The number of hydrogen-bond acceptors (Lipinski definition) is 6. The van der Waals surface area contributed by atoms with Gasteiger partial charge in [-0.2, -0.15) is 0 Å². The van der Waals surface area contributed by atoms with E-state index in [0.717, 1.165) is 10.2 Å². The van der Waals surface area contributed by atoms with Gasteiger partial charge in [-0.3, -0.25) is 10.1 Å². The van der Waals surface area contributed by atoms with Crippen molar-refractivity contribution in [1.82, 2.24) is 14.5 Å². The number of carbonyl (C=O) groups is 1. The van der Waals surface area contributed by atoms with Crippen LogP contribution in [0.25, 0.3) is 10.2 Å². The summed E-state index contributed by atoms with van der Waals surface area (Å²) in [6.45, 7) is 0.262. The highest BCUT2D eigenvalue weighted by atomic mass is 32.1. The fourth-order valence-electron chi connectivity index (χ4n) is 2.19. The van der Waals surface area contributed by atoms with E-state index in [9.17, 15) is 14.9 Å². The molecule has 0 aliphatic carbocycles. The number of fused-ring (bicyclic) bond motifs is 1. The first kappa shape index (κ1) is 15.8. The molecule has 1 N–H and O–H groups in total. The summed E-state index contributed by atoms with van der Waals surface area (Å²) in [6.07, 6.45) is 0. The van der Waals surface area contributed by atoms with Gasteiger partial charge >= 0.3 is 6.03 Å². The summed E-state index contributed by atoms with van der Waals surface area (Å²) in [5.74, 6) is 0. The van der Waals surface area contributed by atoms with Crippen LogP contribution in [0.15, 0.2) is 42.5 Å². The number of nitrogens with zero attached hydrogens (tertiary/aromatic N) is 4. The number of amides is 2. The molecular formula is C15H13N5O3S. The van der Waals surface area contributed by atoms with E-state index in [4.69, 9.17) is 0 Å². The lowest BCUT2D eigenvalue weighted by atomic mass is 10.2. The van der Waals surface area contributed by atoms with Crippen LogP contribution >= 0.6 is 11.5 Å². The Balaban J connectivity index is 1.68. The number of nitro groups is 1. The predicted molar refractivity (Wildman–Crippen MR) is 91.0 cm³/mol. The van der Waals surface area contributed by atoms with E-state index in [1.165, 1.54) is 28.6 Å². The molecule has 2 amide bonds. The Morgan fingerprint density at radius 1 is 1.33 bits per heavy atom. The van der Waals surface area contributed by atoms with Gasteiger partial charge in [0, 0.05) is 31.4 Å². The number of nitrogens with one attached hydrogen (secondary N) is 1. The second-order valence-electron chi connectivity index (χ2n) is 5.17. The first-order valence-electron chi connectivity index (χ1n) is 7.00. The molecule has 3 aromatic rings. The van der Waals surface area contributed by atoms with Gasteiger partial charge in [0.2, 0.25) is 0 Å². The molecule has 0 aliphatic heterocycles. The molecule has 0 unspecified atom stereocenters. The van der Waals surface area contributed by atoms with Crippen molar-refractivity contribution < 1.29 is 9.72 Å². The van der Waals surface area contributed by atoms with Crippen LogP contribution in [-0.4, -0.2) is 32.5 Å². The Morgan fingerprint density at radius 2 is 2.17 bits per heavy atom. The van der Waals surface area contributed by atoms with Crippen LogP contribution < -0.4 is 5.32 Å². The van der Waals surface area contributed by atoms with Crippen molar-refractivity contribution in [1.29, 1.82) is 0 Å². The minimum Gasteiger partial charge on any atom is -0.323 e. The first-order valence-corrected chi connectivity index (χ1v) is 7.78. The van der Waals surface area contributed by atoms with Crippen LogP contribution in [0.2, 0.25) is 0 Å². The van der Waals surface area contributed by atoms with Gasteiger partial charge in [-0.1, -0.05) is 16.6 Å². The van der Waals surface area contributed by atoms with E-state index < -0.39 is 4.92 Å². The average molecular weight is 343 g/mol. The largest absolute Gasteiger partial charge is 0.323 e. The van der Waals surface area contributed by atoms with Gasteiger partial charge in [0.25, 0.3) is 5.69 Å². The zero-order valence-corrected chi connectivity index (χ0v) is 13.5. The standard InChI is InChI=1S/C15H13N5O3S/c1-19(9-10-3-2-4-12(7-10)20(22)23)15(21)16-11-5-6-13-14(8-11)24-18-17-13/h2-8H,9H2,1H3,(H,16,21). The van der Waals surface area contributed by atoms with Gasteiger partial charge in [0.1, 0.15) is 5.52 Å². The van der Waals surface area contributed by atoms with Crippen molar-refractivity contribution in [3.8, 4) is 0 Å². The third kappa shape index (κ3) is 3.46. The quantitative estimate of drug-likeness (QED) is 0.579. The second kappa shape index (κ2) is 6.59. The van der Waals surface area contributed by atoms with Gasteiger partial charge in [0.05, 0.1) is 9.62 Å². The number of urea groups is 1. The summed E-state index contributed by atoms with van der Waals surface area (Å²) in [4.78, 5) is 24.1. The summed E-state index contributed by atoms with van der Waals surface area (Å²) in [7, 11) is 1.63. The van der Waals surface area contributed by atoms with Gasteiger partial charge in [-0.05, 0) is 35.3 Å². The maximum absolute atomic E-state index is 12.3. The topological polar surface area (TPSA) is 101 Å². The Labute approximate surface area is 141 Å². The molecule has 0 atom stereocenters. The summed E-state index contributed by atoms with van der Waals surface area (Å²) in [5.41, 5.74) is 2.11. The second-order valence-corrected chi connectivity index (χ2v) is 5.95. The molecule has 0 spiro atoms. The Hall–Kier alpha value is -3.07. The number of non-ortho nitro benzene ring substituents is 1. The summed E-state index contributed by atoms with van der Waals surface area (Å²) in [5, 5.41) is 17.5. The number of anilines is 1. The molecule has 0 saturated carbocycles. The third-order valence-corrected chi connectivity index (χ3v) is 4.07. The fourth-order valence-corrected chi connectivity index (χ4v) is 2.79.